The van der Waals surface area contributed by atoms with Crippen molar-refractivity contribution in [3.8, 4) is 0 Å². The summed E-state index contributed by atoms with van der Waals surface area (Å²) in [5.74, 6) is 0. The van der Waals surface area contributed by atoms with Crippen LogP contribution in [0.15, 0.2) is 11.6 Å². The van der Waals surface area contributed by atoms with Crippen molar-refractivity contribution in [3.05, 3.63) is 11.6 Å². The average Bonchev–Trinajstić information content (AvgIpc) is 1.99. The van der Waals surface area contributed by atoms with Crippen LogP contribution in [0.25, 0.3) is 0 Å². The van der Waals surface area contributed by atoms with Crippen LogP contribution in [-0.2, 0) is 0 Å². The van der Waals surface area contributed by atoms with Gasteiger partial charge >= 0.3 is 0 Å². The highest BCUT2D eigenvalue weighted by atomic mass is 19.1. The molecule has 1 nitrogen and oxygen atoms in total. The molecule has 0 aliphatic heterocycles. The summed E-state index contributed by atoms with van der Waals surface area (Å²) in [7, 11) is 0. The van der Waals surface area contributed by atoms with E-state index in [1.54, 1.807) is 0 Å². The summed E-state index contributed by atoms with van der Waals surface area (Å²) >= 11 is 0. The normalized spacial score (nSPS) is 43.0. The molecule has 1 saturated carbocycles. The van der Waals surface area contributed by atoms with E-state index in [9.17, 15) is 4.39 Å². The van der Waals surface area contributed by atoms with E-state index in [4.69, 9.17) is 5.73 Å². The van der Waals surface area contributed by atoms with Crippen molar-refractivity contribution >= 4 is 0 Å². The summed E-state index contributed by atoms with van der Waals surface area (Å²) in [6.45, 7) is 0. The van der Waals surface area contributed by atoms with E-state index >= 15 is 0 Å². The van der Waals surface area contributed by atoms with E-state index in [0.29, 0.717) is 12.8 Å². The van der Waals surface area contributed by atoms with Crippen molar-refractivity contribution in [1.82, 2.24) is 0 Å². The molecule has 2 rings (SSSR count). The third-order valence-electron chi connectivity index (χ3n) is 3.54. The van der Waals surface area contributed by atoms with Crippen LogP contribution in [0.3, 0.4) is 0 Å². The molecule has 2 aliphatic carbocycles. The highest BCUT2D eigenvalue weighted by Crippen LogP contribution is 2.43. The SMILES string of the molecule is NC1CC(F)(/C2=C/CCCCCC2)C1. The molecule has 2 aliphatic rings. The van der Waals surface area contributed by atoms with E-state index in [2.05, 4.69) is 6.08 Å². The first-order chi connectivity index (χ1) is 6.71. The minimum atomic E-state index is -1.02. The lowest BCUT2D eigenvalue weighted by molar-refractivity contribution is 0.0780. The van der Waals surface area contributed by atoms with Crippen molar-refractivity contribution in [2.24, 2.45) is 5.73 Å². The van der Waals surface area contributed by atoms with Gasteiger partial charge in [-0.05, 0) is 31.3 Å². The molecule has 0 saturated heterocycles. The molecule has 0 unspecified atom stereocenters. The van der Waals surface area contributed by atoms with Crippen LogP contribution >= 0.6 is 0 Å². The standard InChI is InChI=1S/C12H20FN/c13-12(8-11(14)9-12)10-6-4-2-1-3-5-7-10/h6,11H,1-5,7-9,14H2/b10-6+. The predicted molar refractivity (Wildman–Crippen MR) is 56.8 cm³/mol. The molecule has 2 heteroatoms. The van der Waals surface area contributed by atoms with E-state index < -0.39 is 5.67 Å². The van der Waals surface area contributed by atoms with Crippen LogP contribution in [0.4, 0.5) is 4.39 Å². The third kappa shape index (κ3) is 2.00. The van der Waals surface area contributed by atoms with Crippen molar-refractivity contribution in [2.75, 3.05) is 0 Å². The second-order valence-corrected chi connectivity index (χ2v) is 4.82. The summed E-state index contributed by atoms with van der Waals surface area (Å²) in [5.41, 5.74) is 5.70. The van der Waals surface area contributed by atoms with E-state index in [1.807, 2.05) is 0 Å². The van der Waals surface area contributed by atoms with Crippen LogP contribution in [0.5, 0.6) is 0 Å². The number of hydrogen-bond acceptors (Lipinski definition) is 1. The van der Waals surface area contributed by atoms with Crippen molar-refractivity contribution in [2.45, 2.75) is 63.1 Å². The zero-order valence-corrected chi connectivity index (χ0v) is 8.77. The van der Waals surface area contributed by atoms with Crippen LogP contribution in [0.2, 0.25) is 0 Å². The van der Waals surface area contributed by atoms with Crippen LogP contribution in [0.1, 0.15) is 51.4 Å². The molecule has 80 valence electrons. The Kier molecular flexibility index (Phi) is 2.91. The van der Waals surface area contributed by atoms with E-state index in [1.165, 1.54) is 19.3 Å². The lowest BCUT2D eigenvalue weighted by Crippen LogP contribution is -2.49. The molecule has 0 spiro atoms. The van der Waals surface area contributed by atoms with Crippen LogP contribution < -0.4 is 5.73 Å². The van der Waals surface area contributed by atoms with Gasteiger partial charge in [-0.1, -0.05) is 18.9 Å². The topological polar surface area (TPSA) is 26.0 Å². The fourth-order valence-electron chi connectivity index (χ4n) is 2.63. The Morgan fingerprint density at radius 3 is 2.64 bits per heavy atom. The highest BCUT2D eigenvalue weighted by Gasteiger charge is 2.45. The second-order valence-electron chi connectivity index (χ2n) is 4.82. The lowest BCUT2D eigenvalue weighted by Gasteiger charge is -2.41. The van der Waals surface area contributed by atoms with Gasteiger partial charge in [0.2, 0.25) is 0 Å². The fourth-order valence-corrected chi connectivity index (χ4v) is 2.63. The van der Waals surface area contributed by atoms with Gasteiger partial charge in [-0.2, -0.15) is 0 Å². The first-order valence-electron chi connectivity index (χ1n) is 5.85. The number of allylic oxidation sites excluding steroid dienone is 2. The highest BCUT2D eigenvalue weighted by molar-refractivity contribution is 5.23. The summed E-state index contributed by atoms with van der Waals surface area (Å²) in [5, 5.41) is 0. The van der Waals surface area contributed by atoms with Crippen molar-refractivity contribution < 1.29 is 4.39 Å². The van der Waals surface area contributed by atoms with Crippen molar-refractivity contribution in [1.29, 1.82) is 0 Å². The monoisotopic (exact) mass is 197 g/mol. The number of alkyl halides is 1. The Morgan fingerprint density at radius 1 is 1.21 bits per heavy atom. The van der Waals surface area contributed by atoms with Gasteiger partial charge in [0.05, 0.1) is 0 Å². The Hall–Kier alpha value is -0.370. The molecule has 1 fully saturated rings. The maximum Gasteiger partial charge on any atom is 0.135 e. The number of rotatable bonds is 1. The molecule has 0 bridgehead atoms. The number of nitrogens with two attached hydrogens (primary N) is 1. The number of hydrogen-bond donors (Lipinski definition) is 1. The van der Waals surface area contributed by atoms with Gasteiger partial charge in [-0.15, -0.1) is 0 Å². The predicted octanol–water partition coefficient (Wildman–Crippen LogP) is 3.10. The quantitative estimate of drug-likeness (QED) is 0.642. The molecule has 0 atom stereocenters. The summed E-state index contributed by atoms with van der Waals surface area (Å²) in [6, 6.07) is 0.103. The van der Waals surface area contributed by atoms with Crippen LogP contribution in [0, 0.1) is 0 Å². The maximum atomic E-state index is 14.2. The van der Waals surface area contributed by atoms with Gasteiger partial charge in [-0.25, -0.2) is 4.39 Å². The molecule has 0 radical (unpaired) electrons. The van der Waals surface area contributed by atoms with Crippen LogP contribution in [-0.4, -0.2) is 11.7 Å². The second kappa shape index (κ2) is 4.01. The summed E-state index contributed by atoms with van der Waals surface area (Å²) < 4.78 is 14.2. The molecule has 14 heavy (non-hydrogen) atoms. The van der Waals surface area contributed by atoms with Gasteiger partial charge in [0.1, 0.15) is 5.67 Å². The summed E-state index contributed by atoms with van der Waals surface area (Å²) in [4.78, 5) is 0. The largest absolute Gasteiger partial charge is 0.327 e. The van der Waals surface area contributed by atoms with Gasteiger partial charge < -0.3 is 5.73 Å². The summed E-state index contributed by atoms with van der Waals surface area (Å²) in [6.07, 6.45) is 10.2. The van der Waals surface area contributed by atoms with Gasteiger partial charge in [0, 0.05) is 18.9 Å². The Bertz CT molecular complexity index is 228. The Morgan fingerprint density at radius 2 is 1.93 bits per heavy atom. The first kappa shape index (κ1) is 10.2. The molecule has 0 aromatic carbocycles. The fraction of sp³-hybridized carbons (Fsp3) is 0.833. The van der Waals surface area contributed by atoms with Gasteiger partial charge in [-0.3, -0.25) is 0 Å². The lowest BCUT2D eigenvalue weighted by atomic mass is 9.71. The average molecular weight is 197 g/mol. The van der Waals surface area contributed by atoms with E-state index in [0.717, 1.165) is 24.8 Å². The molecule has 0 heterocycles. The minimum Gasteiger partial charge on any atom is -0.327 e. The van der Waals surface area contributed by atoms with Gasteiger partial charge in [0.25, 0.3) is 0 Å². The number of halogens is 1. The molecule has 0 amide bonds. The molecule has 0 aromatic heterocycles. The molecule has 2 N–H and O–H groups in total. The van der Waals surface area contributed by atoms with Crippen molar-refractivity contribution in [3.63, 3.8) is 0 Å². The molecule has 0 aromatic rings. The zero-order chi connectivity index (χ0) is 10.0. The molecular formula is C12H20FN. The van der Waals surface area contributed by atoms with Gasteiger partial charge in [0.15, 0.2) is 0 Å². The minimum absolute atomic E-state index is 0.103. The smallest absolute Gasteiger partial charge is 0.135 e. The first-order valence-corrected chi connectivity index (χ1v) is 5.85. The molecular weight excluding hydrogens is 177 g/mol. The third-order valence-corrected chi connectivity index (χ3v) is 3.54. The Balaban J connectivity index is 2.00. The zero-order valence-electron chi connectivity index (χ0n) is 8.77. The maximum absolute atomic E-state index is 14.2. The Labute approximate surface area is 85.6 Å². The van der Waals surface area contributed by atoms with E-state index in [-0.39, 0.29) is 6.04 Å².